The molecule has 0 bridgehead atoms. The maximum Gasteiger partial charge on any atom is 0.121 e. The summed E-state index contributed by atoms with van der Waals surface area (Å²) in [6, 6.07) is 6.05. The number of ether oxygens (including phenoxy) is 1. The largest absolute Gasteiger partial charge is 0.496 e. The van der Waals surface area contributed by atoms with Gasteiger partial charge in [-0.25, -0.2) is 0 Å². The van der Waals surface area contributed by atoms with E-state index in [4.69, 9.17) is 4.74 Å². The minimum Gasteiger partial charge on any atom is -0.496 e. The van der Waals surface area contributed by atoms with Crippen LogP contribution in [0.4, 0.5) is 0 Å². The number of hydrogen-bond donors (Lipinski definition) is 0. The minimum atomic E-state index is 0.950. The molecule has 0 aliphatic rings. The molecular formula is C8H11OP. The molecule has 1 rings (SSSR count). The van der Waals surface area contributed by atoms with Gasteiger partial charge >= 0.3 is 0 Å². The lowest BCUT2D eigenvalue weighted by molar-refractivity contribution is 0.412. The Morgan fingerprint density at radius 3 is 2.60 bits per heavy atom. The van der Waals surface area contributed by atoms with E-state index in [1.807, 2.05) is 19.1 Å². The molecule has 0 heterocycles. The SMILES string of the molecule is COc1ccc(P)cc1C. The second-order valence-corrected chi connectivity index (χ2v) is 2.90. The summed E-state index contributed by atoms with van der Waals surface area (Å²) in [5, 5.41) is 1.19. The summed E-state index contributed by atoms with van der Waals surface area (Å²) in [5.74, 6) is 0.950. The molecule has 0 aromatic heterocycles. The Kier molecular flexibility index (Phi) is 2.29. The average Bonchev–Trinajstić information content (AvgIpc) is 1.88. The molecule has 0 N–H and O–H groups in total. The van der Waals surface area contributed by atoms with E-state index in [0.717, 1.165) is 5.75 Å². The molecule has 0 spiro atoms. The summed E-state index contributed by atoms with van der Waals surface area (Å²) in [4.78, 5) is 0. The topological polar surface area (TPSA) is 9.23 Å². The predicted molar refractivity (Wildman–Crippen MR) is 47.1 cm³/mol. The van der Waals surface area contributed by atoms with Gasteiger partial charge in [-0.1, -0.05) is 6.07 Å². The van der Waals surface area contributed by atoms with E-state index in [1.165, 1.54) is 10.9 Å². The summed E-state index contributed by atoms with van der Waals surface area (Å²) >= 11 is 0. The predicted octanol–water partition coefficient (Wildman–Crippen LogP) is 1.50. The number of rotatable bonds is 1. The van der Waals surface area contributed by atoms with Crippen LogP contribution in [0.1, 0.15) is 5.56 Å². The molecule has 1 unspecified atom stereocenters. The number of aryl methyl sites for hydroxylation is 1. The number of hydrogen-bond acceptors (Lipinski definition) is 1. The van der Waals surface area contributed by atoms with Gasteiger partial charge in [-0.3, -0.25) is 0 Å². The first kappa shape index (κ1) is 7.56. The quantitative estimate of drug-likeness (QED) is 0.557. The molecule has 0 saturated carbocycles. The third-order valence-corrected chi connectivity index (χ3v) is 1.78. The molecule has 1 atom stereocenters. The third kappa shape index (κ3) is 1.48. The molecule has 0 fully saturated rings. The van der Waals surface area contributed by atoms with Crippen molar-refractivity contribution in [2.75, 3.05) is 7.11 Å². The van der Waals surface area contributed by atoms with Gasteiger partial charge in [0.2, 0.25) is 0 Å². The van der Waals surface area contributed by atoms with Crippen LogP contribution in [0.3, 0.4) is 0 Å². The highest BCUT2D eigenvalue weighted by molar-refractivity contribution is 7.27. The first-order valence-corrected chi connectivity index (χ1v) is 3.72. The fourth-order valence-corrected chi connectivity index (χ4v) is 1.25. The fraction of sp³-hybridized carbons (Fsp3) is 0.250. The van der Waals surface area contributed by atoms with E-state index in [1.54, 1.807) is 7.11 Å². The molecule has 0 aliphatic carbocycles. The van der Waals surface area contributed by atoms with Crippen LogP contribution < -0.4 is 10.0 Å². The van der Waals surface area contributed by atoms with Crippen molar-refractivity contribution in [3.8, 4) is 5.75 Å². The highest BCUT2D eigenvalue weighted by Gasteiger charge is 1.94. The van der Waals surface area contributed by atoms with Gasteiger partial charge in [0.1, 0.15) is 5.75 Å². The zero-order chi connectivity index (χ0) is 7.56. The van der Waals surface area contributed by atoms with Crippen LogP contribution in [0, 0.1) is 6.92 Å². The Morgan fingerprint density at radius 1 is 1.40 bits per heavy atom. The molecular weight excluding hydrogens is 143 g/mol. The smallest absolute Gasteiger partial charge is 0.121 e. The summed E-state index contributed by atoms with van der Waals surface area (Å²) < 4.78 is 5.09. The zero-order valence-corrected chi connectivity index (χ0v) is 7.37. The monoisotopic (exact) mass is 154 g/mol. The molecule has 0 aliphatic heterocycles. The summed E-state index contributed by atoms with van der Waals surface area (Å²) in [6.45, 7) is 2.03. The van der Waals surface area contributed by atoms with Gasteiger partial charge < -0.3 is 4.74 Å². The van der Waals surface area contributed by atoms with Crippen LogP contribution in [-0.4, -0.2) is 7.11 Å². The fourth-order valence-electron chi connectivity index (χ4n) is 0.902. The Hall–Kier alpha value is -0.550. The van der Waals surface area contributed by atoms with Gasteiger partial charge in [-0.15, -0.1) is 9.24 Å². The molecule has 10 heavy (non-hydrogen) atoms. The van der Waals surface area contributed by atoms with Crippen LogP contribution in [0.15, 0.2) is 18.2 Å². The summed E-state index contributed by atoms with van der Waals surface area (Å²) in [5.41, 5.74) is 1.18. The van der Waals surface area contributed by atoms with Crippen LogP contribution in [-0.2, 0) is 0 Å². The van der Waals surface area contributed by atoms with Gasteiger partial charge in [-0.05, 0) is 29.9 Å². The maximum atomic E-state index is 5.09. The first-order chi connectivity index (χ1) is 4.74. The van der Waals surface area contributed by atoms with Gasteiger partial charge in [0, 0.05) is 0 Å². The Bertz CT molecular complexity index is 233. The maximum absolute atomic E-state index is 5.09. The summed E-state index contributed by atoms with van der Waals surface area (Å²) in [7, 11) is 4.34. The van der Waals surface area contributed by atoms with Crippen LogP contribution in [0.5, 0.6) is 5.75 Å². The molecule has 1 nitrogen and oxygen atoms in total. The van der Waals surface area contributed by atoms with E-state index >= 15 is 0 Å². The highest BCUT2D eigenvalue weighted by atomic mass is 31.0. The molecule has 2 heteroatoms. The zero-order valence-electron chi connectivity index (χ0n) is 6.22. The normalized spacial score (nSPS) is 9.50. The van der Waals surface area contributed by atoms with Crippen molar-refractivity contribution in [2.24, 2.45) is 0 Å². The van der Waals surface area contributed by atoms with E-state index in [9.17, 15) is 0 Å². The molecule has 0 radical (unpaired) electrons. The lowest BCUT2D eigenvalue weighted by Gasteiger charge is -2.03. The van der Waals surface area contributed by atoms with Crippen LogP contribution >= 0.6 is 9.24 Å². The number of benzene rings is 1. The van der Waals surface area contributed by atoms with Crippen molar-refractivity contribution in [2.45, 2.75) is 6.92 Å². The van der Waals surface area contributed by atoms with E-state index in [0.29, 0.717) is 0 Å². The van der Waals surface area contributed by atoms with Gasteiger partial charge in [0.15, 0.2) is 0 Å². The minimum absolute atomic E-state index is 0.950. The van der Waals surface area contributed by atoms with Crippen molar-refractivity contribution >= 4 is 14.5 Å². The third-order valence-electron chi connectivity index (χ3n) is 1.42. The van der Waals surface area contributed by atoms with Crippen LogP contribution in [0.2, 0.25) is 0 Å². The second kappa shape index (κ2) is 3.03. The molecule has 1 aromatic carbocycles. The molecule has 0 saturated heterocycles. The van der Waals surface area contributed by atoms with E-state index in [2.05, 4.69) is 15.3 Å². The van der Waals surface area contributed by atoms with E-state index in [-0.39, 0.29) is 0 Å². The lowest BCUT2D eigenvalue weighted by atomic mass is 10.2. The van der Waals surface area contributed by atoms with Gasteiger partial charge in [0.05, 0.1) is 7.11 Å². The Balaban J connectivity index is 3.07. The first-order valence-electron chi connectivity index (χ1n) is 3.14. The Labute approximate surface area is 63.6 Å². The molecule has 1 aromatic rings. The van der Waals surface area contributed by atoms with Crippen molar-refractivity contribution in [1.29, 1.82) is 0 Å². The van der Waals surface area contributed by atoms with Crippen molar-refractivity contribution < 1.29 is 4.74 Å². The van der Waals surface area contributed by atoms with Gasteiger partial charge in [0.25, 0.3) is 0 Å². The van der Waals surface area contributed by atoms with Crippen molar-refractivity contribution in [3.63, 3.8) is 0 Å². The highest BCUT2D eigenvalue weighted by Crippen LogP contribution is 2.14. The van der Waals surface area contributed by atoms with Crippen molar-refractivity contribution in [1.82, 2.24) is 0 Å². The molecule has 0 amide bonds. The van der Waals surface area contributed by atoms with Crippen molar-refractivity contribution in [3.05, 3.63) is 23.8 Å². The van der Waals surface area contributed by atoms with Crippen LogP contribution in [0.25, 0.3) is 0 Å². The summed E-state index contributed by atoms with van der Waals surface area (Å²) in [6.07, 6.45) is 0. The van der Waals surface area contributed by atoms with E-state index < -0.39 is 0 Å². The Morgan fingerprint density at radius 2 is 2.10 bits per heavy atom. The number of methoxy groups -OCH3 is 1. The average molecular weight is 154 g/mol. The lowest BCUT2D eigenvalue weighted by Crippen LogP contribution is -1.93. The van der Waals surface area contributed by atoms with Gasteiger partial charge in [-0.2, -0.15) is 0 Å². The standard InChI is InChI=1S/C8H11OP/c1-6-5-7(10)3-4-8(6)9-2/h3-5H,10H2,1-2H3. The molecule has 54 valence electrons. The second-order valence-electron chi connectivity index (χ2n) is 2.23.